The Morgan fingerprint density at radius 2 is 0.891 bits per heavy atom. The van der Waals surface area contributed by atoms with Gasteiger partial charge in [-0.2, -0.15) is 0 Å². The van der Waals surface area contributed by atoms with Crippen LogP contribution in [0.15, 0.2) is 105 Å². The molecule has 0 atom stereocenters. The van der Waals surface area contributed by atoms with Gasteiger partial charge in [0.1, 0.15) is 17.8 Å². The molecule has 4 aromatic carbocycles. The summed E-state index contributed by atoms with van der Waals surface area (Å²) in [5.74, 6) is 4.16. The molecule has 0 N–H and O–H groups in total. The van der Waals surface area contributed by atoms with E-state index in [0.29, 0.717) is 0 Å². The molecular weight excluding hydrogens is 829 g/mol. The summed E-state index contributed by atoms with van der Waals surface area (Å²) in [5, 5.41) is 0. The van der Waals surface area contributed by atoms with E-state index in [-0.39, 0.29) is 0 Å². The van der Waals surface area contributed by atoms with Crippen LogP contribution in [0.25, 0.3) is 11.1 Å². The van der Waals surface area contributed by atoms with Crippen molar-refractivity contribution in [1.82, 2.24) is 0 Å². The molecule has 1 aliphatic carbocycles. The Labute approximate surface area is 361 Å². The lowest BCUT2D eigenvalue weighted by atomic mass is 9.68. The molecule has 0 unspecified atom stereocenters. The second-order valence-electron chi connectivity index (χ2n) is 13.7. The molecule has 0 saturated heterocycles. The van der Waals surface area contributed by atoms with Crippen molar-refractivity contribution >= 4 is 93.3 Å². The van der Waals surface area contributed by atoms with Crippen LogP contribution in [-0.2, 0) is 5.41 Å². The Balaban J connectivity index is 0.957. The number of aryl methyl sites for hydroxylation is 2. The van der Waals surface area contributed by atoms with Gasteiger partial charge in [-0.3, -0.25) is 0 Å². The zero-order valence-corrected chi connectivity index (χ0v) is 37.8. The number of unbranched alkanes of at least 4 members (excludes halogenated alkanes) is 6. The fourth-order valence-electron chi connectivity index (χ4n) is 7.38. The molecule has 0 fully saturated rings. The van der Waals surface area contributed by atoms with Crippen LogP contribution >= 0.6 is 93.3 Å². The second kappa shape index (κ2) is 19.9. The van der Waals surface area contributed by atoms with Gasteiger partial charge in [0, 0.05) is 9.75 Å². The van der Waals surface area contributed by atoms with Crippen LogP contribution < -0.4 is 9.47 Å². The SMILES string of the molecule is Cc1sc(=S)sc1SCCCCCCOc1ccc(C2(c3ccc(OCCCCCCSc4sc(=S)sc4C)cc3)c3ccccc3-c3ccccc32)cc1. The van der Waals surface area contributed by atoms with Gasteiger partial charge in [0.25, 0.3) is 0 Å². The Morgan fingerprint density at radius 3 is 1.29 bits per heavy atom. The molecule has 0 aliphatic heterocycles. The second-order valence-corrected chi connectivity index (χ2v) is 23.3. The van der Waals surface area contributed by atoms with Crippen molar-refractivity contribution in [3.63, 3.8) is 0 Å². The predicted octanol–water partition coefficient (Wildman–Crippen LogP) is 15.8. The highest BCUT2D eigenvalue weighted by atomic mass is 32.2. The first kappa shape index (κ1) is 40.9. The van der Waals surface area contributed by atoms with Crippen molar-refractivity contribution in [3.05, 3.63) is 135 Å². The van der Waals surface area contributed by atoms with Gasteiger partial charge in [0.2, 0.25) is 0 Å². The first-order valence-corrected chi connectivity index (χ1v) is 25.1. The maximum atomic E-state index is 6.27. The first-order valence-electron chi connectivity index (χ1n) is 19.1. The number of hydrogen-bond donors (Lipinski definition) is 0. The molecular formula is C45H46O2S8. The summed E-state index contributed by atoms with van der Waals surface area (Å²) >= 11 is 21.6. The van der Waals surface area contributed by atoms with E-state index in [1.165, 1.54) is 90.1 Å². The van der Waals surface area contributed by atoms with Gasteiger partial charge in [-0.05, 0) is 109 Å². The molecule has 1 aliphatic rings. The molecule has 6 aromatic rings. The smallest absolute Gasteiger partial charge is 0.145 e. The number of ether oxygens (including phenoxy) is 2. The number of benzene rings is 4. The molecule has 0 radical (unpaired) electrons. The van der Waals surface area contributed by atoms with Gasteiger partial charge in [0.05, 0.1) is 27.0 Å². The van der Waals surface area contributed by atoms with E-state index in [9.17, 15) is 0 Å². The van der Waals surface area contributed by atoms with Crippen LogP contribution in [0, 0.1) is 20.1 Å². The number of thioether (sulfide) groups is 2. The third kappa shape index (κ3) is 9.89. The number of hydrogen-bond acceptors (Lipinski definition) is 10. The minimum atomic E-state index is -0.440. The number of fused-ring (bicyclic) bond motifs is 3. The first-order chi connectivity index (χ1) is 26.9. The molecule has 55 heavy (non-hydrogen) atoms. The molecule has 0 bridgehead atoms. The average molecular weight is 875 g/mol. The van der Waals surface area contributed by atoms with Gasteiger partial charge in [-0.25, -0.2) is 0 Å². The third-order valence-corrected chi connectivity index (χ3v) is 18.5. The Morgan fingerprint density at radius 1 is 0.491 bits per heavy atom. The standard InChI is InChI=1S/C45H46O2S8/c1-31-41(54-43(48)52-31)50-29-13-5-3-11-27-46-35-23-19-33(20-24-35)45(39-17-9-7-15-37(39)38-16-8-10-18-40(38)45)34-21-25-36(26-22-34)47-28-12-4-6-14-30-51-42-32(2)53-44(49)55-42/h7-10,15-26H,3-6,11-14,27-30H2,1-2H3. The lowest BCUT2D eigenvalue weighted by molar-refractivity contribution is 0.305. The molecule has 2 heterocycles. The van der Waals surface area contributed by atoms with Crippen LogP contribution in [0.2, 0.25) is 0 Å². The van der Waals surface area contributed by atoms with Gasteiger partial charge in [-0.1, -0.05) is 123 Å². The topological polar surface area (TPSA) is 18.5 Å². The third-order valence-electron chi connectivity index (χ3n) is 10.0. The van der Waals surface area contributed by atoms with Crippen molar-refractivity contribution in [3.8, 4) is 22.6 Å². The van der Waals surface area contributed by atoms with Crippen molar-refractivity contribution in [2.75, 3.05) is 24.7 Å². The largest absolute Gasteiger partial charge is 0.494 e. The molecule has 7 rings (SSSR count). The van der Waals surface area contributed by atoms with E-state index in [2.05, 4.69) is 111 Å². The van der Waals surface area contributed by atoms with Gasteiger partial charge < -0.3 is 9.47 Å². The summed E-state index contributed by atoms with van der Waals surface area (Å²) in [6.07, 6.45) is 9.38. The van der Waals surface area contributed by atoms with Crippen LogP contribution in [0.1, 0.15) is 83.4 Å². The highest BCUT2D eigenvalue weighted by Gasteiger charge is 2.45. The van der Waals surface area contributed by atoms with Crippen molar-refractivity contribution in [1.29, 1.82) is 0 Å². The quantitative estimate of drug-likeness (QED) is 0.0428. The molecule has 10 heteroatoms. The van der Waals surface area contributed by atoms with Crippen molar-refractivity contribution in [2.24, 2.45) is 0 Å². The highest BCUT2D eigenvalue weighted by molar-refractivity contribution is 8.01. The fraction of sp³-hybridized carbons (Fsp3) is 0.333. The highest BCUT2D eigenvalue weighted by Crippen LogP contribution is 2.56. The molecule has 0 spiro atoms. The van der Waals surface area contributed by atoms with E-state index in [4.69, 9.17) is 33.9 Å². The zero-order chi connectivity index (χ0) is 38.0. The van der Waals surface area contributed by atoms with Crippen LogP contribution in [0.5, 0.6) is 11.5 Å². The van der Waals surface area contributed by atoms with E-state index in [1.54, 1.807) is 45.3 Å². The van der Waals surface area contributed by atoms with Crippen molar-refractivity contribution in [2.45, 2.75) is 79.0 Å². The van der Waals surface area contributed by atoms with Crippen molar-refractivity contribution < 1.29 is 9.47 Å². The molecule has 2 aromatic heterocycles. The summed E-state index contributed by atoms with van der Waals surface area (Å²) in [6.45, 7) is 5.83. The maximum absolute atomic E-state index is 6.27. The minimum Gasteiger partial charge on any atom is -0.494 e. The number of rotatable bonds is 20. The van der Waals surface area contributed by atoms with Gasteiger partial charge in [-0.15, -0.1) is 68.9 Å². The lowest BCUT2D eigenvalue weighted by Crippen LogP contribution is -2.28. The maximum Gasteiger partial charge on any atom is 0.145 e. The summed E-state index contributed by atoms with van der Waals surface area (Å²) in [5.41, 5.74) is 7.26. The molecule has 0 amide bonds. The lowest BCUT2D eigenvalue weighted by Gasteiger charge is -2.34. The van der Waals surface area contributed by atoms with Gasteiger partial charge in [0.15, 0.2) is 0 Å². The zero-order valence-electron chi connectivity index (χ0n) is 31.3. The average Bonchev–Trinajstić information content (AvgIpc) is 3.82. The van der Waals surface area contributed by atoms with Crippen LogP contribution in [0.3, 0.4) is 0 Å². The summed E-state index contributed by atoms with van der Waals surface area (Å²) < 4.78 is 17.4. The summed E-state index contributed by atoms with van der Waals surface area (Å²) in [4.78, 5) is 2.73. The normalized spacial score (nSPS) is 12.8. The fourth-order valence-corrected chi connectivity index (χ4v) is 16.2. The molecule has 0 saturated carbocycles. The van der Waals surface area contributed by atoms with Crippen LogP contribution in [0.4, 0.5) is 0 Å². The summed E-state index contributed by atoms with van der Waals surface area (Å²) in [7, 11) is 0. The van der Waals surface area contributed by atoms with E-state index in [1.807, 2.05) is 23.5 Å². The van der Waals surface area contributed by atoms with Gasteiger partial charge >= 0.3 is 0 Å². The Kier molecular flexibility index (Phi) is 14.8. The van der Waals surface area contributed by atoms with E-state index < -0.39 is 5.41 Å². The molecule has 286 valence electrons. The van der Waals surface area contributed by atoms with Crippen LogP contribution in [-0.4, -0.2) is 24.7 Å². The predicted molar refractivity (Wildman–Crippen MR) is 249 cm³/mol. The summed E-state index contributed by atoms with van der Waals surface area (Å²) in [6, 6.07) is 35.5. The molecule has 2 nitrogen and oxygen atoms in total. The Bertz CT molecular complexity index is 2100. The Hall–Kier alpha value is -2.28. The van der Waals surface area contributed by atoms with E-state index in [0.717, 1.165) is 55.3 Å². The van der Waals surface area contributed by atoms with E-state index >= 15 is 0 Å². The monoisotopic (exact) mass is 874 g/mol. The minimum absolute atomic E-state index is 0.440.